The fourth-order valence-electron chi connectivity index (χ4n) is 1.21. The van der Waals surface area contributed by atoms with Crippen LogP contribution in [0.5, 0.6) is 0 Å². The van der Waals surface area contributed by atoms with E-state index in [1.54, 1.807) is 6.07 Å². The Hall–Kier alpha value is -1.66. The van der Waals surface area contributed by atoms with Crippen LogP contribution < -0.4 is 5.46 Å². The minimum absolute atomic E-state index is 0.248. The molecule has 0 fully saturated rings. The van der Waals surface area contributed by atoms with Crippen LogP contribution in [0.25, 0.3) is 11.3 Å². The van der Waals surface area contributed by atoms with Gasteiger partial charge in [-0.3, -0.25) is 0 Å². The molecule has 0 amide bonds. The molecule has 6 heteroatoms. The second-order valence-corrected chi connectivity index (χ2v) is 2.96. The molecule has 0 bridgehead atoms. The van der Waals surface area contributed by atoms with Crippen LogP contribution in [0.4, 0.5) is 4.39 Å². The second-order valence-electron chi connectivity index (χ2n) is 2.96. The predicted octanol–water partition coefficient (Wildman–Crippen LogP) is 0.160. The zero-order valence-corrected chi connectivity index (χ0v) is 7.59. The lowest BCUT2D eigenvalue weighted by atomic mass is 9.81. The van der Waals surface area contributed by atoms with Crippen molar-refractivity contribution in [3.8, 4) is 11.3 Å². The van der Waals surface area contributed by atoms with Crippen LogP contribution >= 0.6 is 0 Å². The van der Waals surface area contributed by atoms with Crippen LogP contribution in [0.1, 0.15) is 0 Å². The van der Waals surface area contributed by atoms with E-state index >= 15 is 0 Å². The summed E-state index contributed by atoms with van der Waals surface area (Å²) in [6.07, 6.45) is 2.88. The van der Waals surface area contributed by atoms with Crippen molar-refractivity contribution >= 4 is 12.6 Å². The maximum Gasteiger partial charge on any atom is 0.493 e. The molecule has 0 saturated carbocycles. The number of nitrogens with zero attached hydrogens (tertiary/aromatic N) is 1. The molecule has 4 nitrogen and oxygen atoms in total. The molecule has 0 atom stereocenters. The van der Waals surface area contributed by atoms with Gasteiger partial charge in [-0.2, -0.15) is 4.39 Å². The number of hydrogen-bond donors (Lipinski definition) is 2. The van der Waals surface area contributed by atoms with Crippen LogP contribution in [0, 0.1) is 5.95 Å². The summed E-state index contributed by atoms with van der Waals surface area (Å²) in [4.78, 5) is 3.59. The van der Waals surface area contributed by atoms with Crippen molar-refractivity contribution in [2.75, 3.05) is 0 Å². The molecule has 0 spiro atoms. The summed E-state index contributed by atoms with van der Waals surface area (Å²) in [5, 5.41) is 17.6. The summed E-state index contributed by atoms with van der Waals surface area (Å²) >= 11 is 0. The monoisotopic (exact) mass is 207 g/mol. The van der Waals surface area contributed by atoms with Gasteiger partial charge in [-0.05, 0) is 12.1 Å². The van der Waals surface area contributed by atoms with E-state index in [0.717, 1.165) is 0 Å². The Kier molecular flexibility index (Phi) is 2.53. The van der Waals surface area contributed by atoms with Crippen molar-refractivity contribution in [1.82, 2.24) is 4.98 Å². The second kappa shape index (κ2) is 3.84. The van der Waals surface area contributed by atoms with Gasteiger partial charge < -0.3 is 14.5 Å². The fourth-order valence-corrected chi connectivity index (χ4v) is 1.21. The summed E-state index contributed by atoms with van der Waals surface area (Å²) < 4.78 is 18.1. The molecule has 2 N–H and O–H groups in total. The minimum Gasteiger partial charge on any atom is -0.472 e. The summed E-state index contributed by atoms with van der Waals surface area (Å²) in [5.41, 5.74) is 0.765. The van der Waals surface area contributed by atoms with E-state index in [1.165, 1.54) is 24.7 Å². The molecular weight excluding hydrogens is 200 g/mol. The van der Waals surface area contributed by atoms with Gasteiger partial charge in [0.1, 0.15) is 0 Å². The summed E-state index contributed by atoms with van der Waals surface area (Å²) in [7, 11) is -1.85. The number of furan rings is 1. The average molecular weight is 207 g/mol. The molecule has 0 aliphatic heterocycles. The minimum atomic E-state index is -1.85. The lowest BCUT2D eigenvalue weighted by Gasteiger charge is -2.02. The molecule has 2 aromatic heterocycles. The first-order chi connectivity index (χ1) is 7.18. The highest BCUT2D eigenvalue weighted by molar-refractivity contribution is 6.58. The Morgan fingerprint density at radius 1 is 1.27 bits per heavy atom. The van der Waals surface area contributed by atoms with Crippen LogP contribution in [-0.4, -0.2) is 22.2 Å². The number of halogens is 1. The van der Waals surface area contributed by atoms with Crippen molar-refractivity contribution in [3.63, 3.8) is 0 Å². The Balaban J connectivity index is 2.42. The first-order valence-electron chi connectivity index (χ1n) is 4.23. The van der Waals surface area contributed by atoms with E-state index in [0.29, 0.717) is 11.3 Å². The van der Waals surface area contributed by atoms with Gasteiger partial charge in [0.15, 0.2) is 0 Å². The zero-order chi connectivity index (χ0) is 10.8. The molecule has 0 saturated heterocycles. The highest BCUT2D eigenvalue weighted by Crippen LogP contribution is 2.16. The lowest BCUT2D eigenvalue weighted by Crippen LogP contribution is -2.33. The summed E-state index contributed by atoms with van der Waals surface area (Å²) in [6, 6.07) is 4.40. The Labute approximate surface area is 85.1 Å². The SMILES string of the molecule is OB(O)c1ccc(-c2ccoc2)nc1F. The summed E-state index contributed by atoms with van der Waals surface area (Å²) in [6.45, 7) is 0. The highest BCUT2D eigenvalue weighted by atomic mass is 19.1. The molecule has 0 aliphatic rings. The van der Waals surface area contributed by atoms with E-state index < -0.39 is 13.1 Å². The normalized spacial score (nSPS) is 10.3. The van der Waals surface area contributed by atoms with Crippen molar-refractivity contribution in [3.05, 3.63) is 36.7 Å². The standard InChI is InChI=1S/C9H7BFNO3/c11-9-7(10(13)14)1-2-8(12-9)6-3-4-15-5-6/h1-5,13-14H. The van der Waals surface area contributed by atoms with E-state index in [-0.39, 0.29) is 5.46 Å². The molecule has 0 radical (unpaired) electrons. The van der Waals surface area contributed by atoms with Crippen LogP contribution in [0.15, 0.2) is 35.1 Å². The average Bonchev–Trinajstić information content (AvgIpc) is 2.69. The maximum absolute atomic E-state index is 13.2. The van der Waals surface area contributed by atoms with Gasteiger partial charge in [0.05, 0.1) is 18.2 Å². The molecule has 15 heavy (non-hydrogen) atoms. The third-order valence-corrected chi connectivity index (χ3v) is 1.97. The van der Waals surface area contributed by atoms with E-state index in [9.17, 15) is 4.39 Å². The van der Waals surface area contributed by atoms with E-state index in [1.807, 2.05) is 0 Å². The van der Waals surface area contributed by atoms with Gasteiger partial charge >= 0.3 is 7.12 Å². The maximum atomic E-state index is 13.2. The number of rotatable bonds is 2. The van der Waals surface area contributed by atoms with E-state index in [2.05, 4.69) is 4.98 Å². The Morgan fingerprint density at radius 2 is 2.07 bits per heavy atom. The van der Waals surface area contributed by atoms with Gasteiger partial charge in [-0.25, -0.2) is 4.98 Å². The zero-order valence-electron chi connectivity index (χ0n) is 7.59. The van der Waals surface area contributed by atoms with E-state index in [4.69, 9.17) is 14.5 Å². The first-order valence-corrected chi connectivity index (χ1v) is 4.23. The number of aromatic nitrogens is 1. The molecular formula is C9H7BFNO3. The molecule has 2 heterocycles. The topological polar surface area (TPSA) is 66.5 Å². The van der Waals surface area contributed by atoms with Gasteiger partial charge in [0.25, 0.3) is 0 Å². The molecule has 0 unspecified atom stereocenters. The Morgan fingerprint density at radius 3 is 2.60 bits per heavy atom. The number of pyridine rings is 1. The van der Waals surface area contributed by atoms with Gasteiger partial charge in [0, 0.05) is 11.0 Å². The molecule has 2 rings (SSSR count). The predicted molar refractivity (Wildman–Crippen MR) is 51.7 cm³/mol. The van der Waals surface area contributed by atoms with Gasteiger partial charge in [-0.1, -0.05) is 6.07 Å². The molecule has 76 valence electrons. The fraction of sp³-hybridized carbons (Fsp3) is 0. The quantitative estimate of drug-likeness (QED) is 0.543. The van der Waals surface area contributed by atoms with Crippen molar-refractivity contribution in [1.29, 1.82) is 0 Å². The number of hydrogen-bond acceptors (Lipinski definition) is 4. The third kappa shape index (κ3) is 1.90. The molecule has 2 aromatic rings. The third-order valence-electron chi connectivity index (χ3n) is 1.97. The first kappa shape index (κ1) is 9.88. The van der Waals surface area contributed by atoms with Crippen LogP contribution in [0.2, 0.25) is 0 Å². The largest absolute Gasteiger partial charge is 0.493 e. The molecule has 0 aromatic carbocycles. The van der Waals surface area contributed by atoms with Gasteiger partial charge in [-0.15, -0.1) is 0 Å². The van der Waals surface area contributed by atoms with Crippen molar-refractivity contribution < 1.29 is 18.9 Å². The van der Waals surface area contributed by atoms with Crippen molar-refractivity contribution in [2.45, 2.75) is 0 Å². The van der Waals surface area contributed by atoms with Gasteiger partial charge in [0.2, 0.25) is 5.95 Å². The molecule has 0 aliphatic carbocycles. The van der Waals surface area contributed by atoms with Crippen LogP contribution in [0.3, 0.4) is 0 Å². The van der Waals surface area contributed by atoms with Crippen LogP contribution in [-0.2, 0) is 0 Å². The van der Waals surface area contributed by atoms with Crippen molar-refractivity contribution in [2.24, 2.45) is 0 Å². The smallest absolute Gasteiger partial charge is 0.472 e. The summed E-state index contributed by atoms with van der Waals surface area (Å²) in [5.74, 6) is -0.899. The highest BCUT2D eigenvalue weighted by Gasteiger charge is 2.18. The Bertz CT molecular complexity index is 458. The lowest BCUT2D eigenvalue weighted by molar-refractivity contribution is 0.422.